The Kier molecular flexibility index (Phi) is 5.68. The molecule has 2 atom stereocenters. The van der Waals surface area contributed by atoms with Crippen LogP contribution in [0.5, 0.6) is 0 Å². The second-order valence-corrected chi connectivity index (χ2v) is 5.60. The van der Waals surface area contributed by atoms with Crippen LogP contribution < -0.4 is 5.32 Å². The zero-order valence-corrected chi connectivity index (χ0v) is 13.5. The second kappa shape index (κ2) is 7.72. The first kappa shape index (κ1) is 17.7. The van der Waals surface area contributed by atoms with Crippen LogP contribution in [0.25, 0.3) is 11.5 Å². The minimum atomic E-state index is -1.06. The summed E-state index contributed by atoms with van der Waals surface area (Å²) in [6, 6.07) is 4.68. The molecule has 7 heteroatoms. The van der Waals surface area contributed by atoms with Crippen LogP contribution in [0, 0.1) is 11.7 Å². The summed E-state index contributed by atoms with van der Waals surface area (Å²) in [7, 11) is 0. The lowest BCUT2D eigenvalue weighted by atomic mass is 9.99. The molecule has 2 unspecified atom stereocenters. The summed E-state index contributed by atoms with van der Waals surface area (Å²) in [5.41, 5.74) is 0.964. The van der Waals surface area contributed by atoms with Crippen LogP contribution in [0.15, 0.2) is 34.9 Å². The number of carboxylic acid groups (broad SMARTS) is 1. The van der Waals surface area contributed by atoms with Gasteiger partial charge in [0.2, 0.25) is 11.8 Å². The van der Waals surface area contributed by atoms with Crippen molar-refractivity contribution in [3.63, 3.8) is 0 Å². The number of hydrogen-bond donors (Lipinski definition) is 2. The molecule has 0 saturated heterocycles. The summed E-state index contributed by atoms with van der Waals surface area (Å²) in [6.07, 6.45) is 1.87. The van der Waals surface area contributed by atoms with Crippen molar-refractivity contribution in [3.05, 3.63) is 42.0 Å². The Morgan fingerprint density at radius 1 is 1.33 bits per heavy atom. The number of carboxylic acids is 1. The van der Waals surface area contributed by atoms with Crippen LogP contribution in [0.2, 0.25) is 0 Å². The number of carbonyl (C=O) groups is 2. The van der Waals surface area contributed by atoms with Crippen molar-refractivity contribution in [2.45, 2.75) is 32.7 Å². The van der Waals surface area contributed by atoms with E-state index in [4.69, 9.17) is 4.42 Å². The van der Waals surface area contributed by atoms with Gasteiger partial charge in [-0.15, -0.1) is 0 Å². The zero-order chi connectivity index (χ0) is 17.7. The average Bonchev–Trinajstić information content (AvgIpc) is 3.00. The lowest BCUT2D eigenvalue weighted by molar-refractivity contribution is -0.143. The molecule has 1 aromatic heterocycles. The molecular weight excluding hydrogens is 315 g/mol. The quantitative estimate of drug-likeness (QED) is 0.812. The van der Waals surface area contributed by atoms with Gasteiger partial charge in [0.05, 0.1) is 12.1 Å². The topological polar surface area (TPSA) is 92.4 Å². The standard InChI is InChI=1S/C17H19FN2O4/c1-3-10(2)15(17(22)23)20-14(21)8-13-9-24-16(19-13)11-4-6-12(18)7-5-11/h4-7,9-10,15H,3,8H2,1-2H3,(H,20,21)(H,22,23). The first-order chi connectivity index (χ1) is 11.4. The molecule has 0 bridgehead atoms. The highest BCUT2D eigenvalue weighted by atomic mass is 19.1. The van der Waals surface area contributed by atoms with Crippen molar-refractivity contribution in [1.82, 2.24) is 10.3 Å². The highest BCUT2D eigenvalue weighted by Crippen LogP contribution is 2.19. The molecule has 1 aromatic carbocycles. The number of nitrogens with one attached hydrogen (secondary N) is 1. The summed E-state index contributed by atoms with van der Waals surface area (Å²) in [5, 5.41) is 11.7. The van der Waals surface area contributed by atoms with Gasteiger partial charge in [0.15, 0.2) is 0 Å². The van der Waals surface area contributed by atoms with Crippen molar-refractivity contribution in [2.24, 2.45) is 5.92 Å². The van der Waals surface area contributed by atoms with Crippen LogP contribution in [0.1, 0.15) is 26.0 Å². The number of nitrogens with zero attached hydrogens (tertiary/aromatic N) is 1. The van der Waals surface area contributed by atoms with Crippen LogP contribution in [0.4, 0.5) is 4.39 Å². The van der Waals surface area contributed by atoms with Gasteiger partial charge in [-0.2, -0.15) is 0 Å². The van der Waals surface area contributed by atoms with Gasteiger partial charge in [0.25, 0.3) is 0 Å². The molecule has 0 radical (unpaired) electrons. The molecular formula is C17H19FN2O4. The molecule has 2 N–H and O–H groups in total. The summed E-state index contributed by atoms with van der Waals surface area (Å²) in [6.45, 7) is 3.63. The number of oxazole rings is 1. The molecule has 0 spiro atoms. The maximum Gasteiger partial charge on any atom is 0.326 e. The van der Waals surface area contributed by atoms with E-state index in [1.165, 1.54) is 30.5 Å². The van der Waals surface area contributed by atoms with E-state index >= 15 is 0 Å². The lowest BCUT2D eigenvalue weighted by Crippen LogP contribution is -2.45. The molecule has 0 aliphatic carbocycles. The Labute approximate surface area is 138 Å². The van der Waals surface area contributed by atoms with E-state index in [-0.39, 0.29) is 24.0 Å². The molecule has 1 heterocycles. The maximum atomic E-state index is 12.9. The molecule has 0 aliphatic rings. The van der Waals surface area contributed by atoms with Crippen LogP contribution in [0.3, 0.4) is 0 Å². The lowest BCUT2D eigenvalue weighted by Gasteiger charge is -2.19. The first-order valence-corrected chi connectivity index (χ1v) is 7.63. The third-order valence-corrected chi connectivity index (χ3v) is 3.78. The third-order valence-electron chi connectivity index (χ3n) is 3.78. The van der Waals surface area contributed by atoms with Crippen LogP contribution >= 0.6 is 0 Å². The number of hydrogen-bond acceptors (Lipinski definition) is 4. The van der Waals surface area contributed by atoms with Crippen LogP contribution in [-0.2, 0) is 16.0 Å². The van der Waals surface area contributed by atoms with E-state index in [0.29, 0.717) is 17.7 Å². The second-order valence-electron chi connectivity index (χ2n) is 5.60. The van der Waals surface area contributed by atoms with Gasteiger partial charge in [-0.05, 0) is 30.2 Å². The van der Waals surface area contributed by atoms with E-state index < -0.39 is 17.9 Å². The Morgan fingerprint density at radius 3 is 2.58 bits per heavy atom. The minimum absolute atomic E-state index is 0.0924. The first-order valence-electron chi connectivity index (χ1n) is 7.63. The Balaban J connectivity index is 2.02. The van der Waals surface area contributed by atoms with Gasteiger partial charge in [-0.1, -0.05) is 20.3 Å². The highest BCUT2D eigenvalue weighted by Gasteiger charge is 2.25. The molecule has 2 rings (SSSR count). The number of rotatable bonds is 7. The Bertz CT molecular complexity index is 712. The molecule has 0 saturated carbocycles. The number of halogens is 1. The predicted octanol–water partition coefficient (Wildman–Crippen LogP) is 2.64. The number of benzene rings is 1. The van der Waals surface area contributed by atoms with E-state index in [2.05, 4.69) is 10.3 Å². The van der Waals surface area contributed by atoms with E-state index in [1.54, 1.807) is 6.92 Å². The molecule has 6 nitrogen and oxygen atoms in total. The van der Waals surface area contributed by atoms with E-state index in [9.17, 15) is 19.1 Å². The molecule has 1 amide bonds. The van der Waals surface area contributed by atoms with Gasteiger partial charge in [-0.25, -0.2) is 14.2 Å². The third kappa shape index (κ3) is 4.41. The monoisotopic (exact) mass is 334 g/mol. The molecule has 0 aliphatic heterocycles. The predicted molar refractivity (Wildman–Crippen MR) is 84.6 cm³/mol. The van der Waals surface area contributed by atoms with Crippen molar-refractivity contribution < 1.29 is 23.5 Å². The van der Waals surface area contributed by atoms with Gasteiger partial charge in [0, 0.05) is 5.56 Å². The van der Waals surface area contributed by atoms with Crippen molar-refractivity contribution >= 4 is 11.9 Å². The molecule has 0 fully saturated rings. The summed E-state index contributed by atoms with van der Waals surface area (Å²) < 4.78 is 18.2. The fourth-order valence-corrected chi connectivity index (χ4v) is 2.19. The average molecular weight is 334 g/mol. The maximum absolute atomic E-state index is 12.9. The van der Waals surface area contributed by atoms with Crippen molar-refractivity contribution in [2.75, 3.05) is 0 Å². The summed E-state index contributed by atoms with van der Waals surface area (Å²) in [5.74, 6) is -1.78. The van der Waals surface area contributed by atoms with Gasteiger partial charge >= 0.3 is 5.97 Å². The Hall–Kier alpha value is -2.70. The highest BCUT2D eigenvalue weighted by molar-refractivity contribution is 5.84. The Morgan fingerprint density at radius 2 is 2.00 bits per heavy atom. The van der Waals surface area contributed by atoms with E-state index in [1.807, 2.05) is 6.92 Å². The summed E-state index contributed by atoms with van der Waals surface area (Å²) >= 11 is 0. The van der Waals surface area contributed by atoms with Gasteiger partial charge in [0.1, 0.15) is 18.1 Å². The largest absolute Gasteiger partial charge is 0.480 e. The number of carbonyl (C=O) groups excluding carboxylic acids is 1. The SMILES string of the molecule is CCC(C)C(NC(=O)Cc1coc(-c2ccc(F)cc2)n1)C(=O)O. The number of amides is 1. The van der Waals surface area contributed by atoms with E-state index in [0.717, 1.165) is 0 Å². The van der Waals surface area contributed by atoms with Crippen molar-refractivity contribution in [1.29, 1.82) is 0 Å². The van der Waals surface area contributed by atoms with Crippen molar-refractivity contribution in [3.8, 4) is 11.5 Å². The van der Waals surface area contributed by atoms with Crippen LogP contribution in [-0.4, -0.2) is 28.0 Å². The van der Waals surface area contributed by atoms with Gasteiger partial charge in [-0.3, -0.25) is 4.79 Å². The summed E-state index contributed by atoms with van der Waals surface area (Å²) in [4.78, 5) is 27.4. The zero-order valence-electron chi connectivity index (χ0n) is 13.5. The molecule has 2 aromatic rings. The fourth-order valence-electron chi connectivity index (χ4n) is 2.19. The fraction of sp³-hybridized carbons (Fsp3) is 0.353. The molecule has 128 valence electrons. The minimum Gasteiger partial charge on any atom is -0.480 e. The normalized spacial score (nSPS) is 13.3. The van der Waals surface area contributed by atoms with Gasteiger partial charge < -0.3 is 14.8 Å². The number of aromatic nitrogens is 1. The smallest absolute Gasteiger partial charge is 0.326 e. The number of aliphatic carboxylic acids is 1. The molecule has 24 heavy (non-hydrogen) atoms.